The molecule has 2 heteroatoms. The Kier molecular flexibility index (Phi) is 4.53. The predicted molar refractivity (Wildman–Crippen MR) is 67.4 cm³/mol. The average Bonchev–Trinajstić information content (AvgIpc) is 2.30. The number of unbranched alkanes of at least 4 members (excludes halogenated alkanes) is 1. The Balaban J connectivity index is 2.66. The maximum Gasteiger partial charge on any atom is 0.230 e. The van der Waals surface area contributed by atoms with E-state index in [1.54, 1.807) is 0 Å². The van der Waals surface area contributed by atoms with Crippen molar-refractivity contribution >= 4 is 5.91 Å². The predicted octanol–water partition coefficient (Wildman–Crippen LogP) is 2.88. The summed E-state index contributed by atoms with van der Waals surface area (Å²) in [4.78, 5) is 12.0. The molecular weight excluding hydrogens is 198 g/mol. The smallest absolute Gasteiger partial charge is 0.230 e. The third kappa shape index (κ3) is 3.09. The zero-order valence-electron chi connectivity index (χ0n) is 10.4. The highest BCUT2D eigenvalue weighted by atomic mass is 16.2. The van der Waals surface area contributed by atoms with Crippen molar-refractivity contribution in [3.05, 3.63) is 35.9 Å². The summed E-state index contributed by atoms with van der Waals surface area (Å²) in [5.74, 6) is 0.104. The number of carbonyl (C=O) groups excluding carboxylic acids is 1. The lowest BCUT2D eigenvalue weighted by Crippen LogP contribution is -2.40. The largest absolute Gasteiger partial charge is 0.355 e. The van der Waals surface area contributed by atoms with Crippen molar-refractivity contribution in [3.8, 4) is 0 Å². The lowest BCUT2D eigenvalue weighted by Gasteiger charge is -2.24. The molecule has 1 aromatic rings. The third-order valence-corrected chi connectivity index (χ3v) is 2.88. The van der Waals surface area contributed by atoms with E-state index in [-0.39, 0.29) is 5.91 Å². The Morgan fingerprint density at radius 1 is 1.25 bits per heavy atom. The molecule has 16 heavy (non-hydrogen) atoms. The lowest BCUT2D eigenvalue weighted by molar-refractivity contribution is -0.125. The zero-order chi connectivity index (χ0) is 12.0. The number of benzene rings is 1. The number of nitrogens with one attached hydrogen (secondary N) is 1. The number of rotatable bonds is 5. The standard InChI is InChI=1S/C14H21NO/c1-4-5-11-15-13(16)14(2,3)12-9-7-6-8-10-12/h6-10H,4-5,11H2,1-3H3,(H,15,16). The number of hydrogen-bond acceptors (Lipinski definition) is 1. The Hall–Kier alpha value is -1.31. The number of hydrogen-bond donors (Lipinski definition) is 1. The van der Waals surface area contributed by atoms with Gasteiger partial charge in [0.1, 0.15) is 0 Å². The molecule has 88 valence electrons. The summed E-state index contributed by atoms with van der Waals surface area (Å²) >= 11 is 0. The Labute approximate surface area is 98.1 Å². The van der Waals surface area contributed by atoms with Crippen LogP contribution in [0.15, 0.2) is 30.3 Å². The van der Waals surface area contributed by atoms with Gasteiger partial charge in [-0.25, -0.2) is 0 Å². The maximum atomic E-state index is 12.0. The molecule has 0 atom stereocenters. The molecule has 0 heterocycles. The average molecular weight is 219 g/mol. The molecule has 1 aromatic carbocycles. The quantitative estimate of drug-likeness (QED) is 0.758. The molecule has 0 aliphatic rings. The van der Waals surface area contributed by atoms with E-state index in [4.69, 9.17) is 0 Å². The summed E-state index contributed by atoms with van der Waals surface area (Å²) < 4.78 is 0. The van der Waals surface area contributed by atoms with Crippen LogP contribution >= 0.6 is 0 Å². The number of amides is 1. The first-order valence-electron chi connectivity index (χ1n) is 5.93. The van der Waals surface area contributed by atoms with Gasteiger partial charge >= 0.3 is 0 Å². The van der Waals surface area contributed by atoms with Crippen LogP contribution in [0.5, 0.6) is 0 Å². The second-order valence-corrected chi connectivity index (χ2v) is 4.60. The minimum atomic E-state index is -0.449. The van der Waals surface area contributed by atoms with Gasteiger partial charge in [-0.3, -0.25) is 4.79 Å². The second-order valence-electron chi connectivity index (χ2n) is 4.60. The molecule has 2 nitrogen and oxygen atoms in total. The van der Waals surface area contributed by atoms with Gasteiger partial charge in [0, 0.05) is 6.54 Å². The summed E-state index contributed by atoms with van der Waals surface area (Å²) in [6.45, 7) is 6.81. The minimum absolute atomic E-state index is 0.104. The van der Waals surface area contributed by atoms with Crippen molar-refractivity contribution in [3.63, 3.8) is 0 Å². The van der Waals surface area contributed by atoms with Crippen LogP contribution in [-0.4, -0.2) is 12.5 Å². The minimum Gasteiger partial charge on any atom is -0.355 e. The molecule has 0 aliphatic heterocycles. The molecule has 1 amide bonds. The van der Waals surface area contributed by atoms with Crippen LogP contribution in [0.3, 0.4) is 0 Å². The van der Waals surface area contributed by atoms with Crippen LogP contribution in [-0.2, 0) is 10.2 Å². The second kappa shape index (κ2) is 5.69. The molecule has 0 saturated carbocycles. The fraction of sp³-hybridized carbons (Fsp3) is 0.500. The van der Waals surface area contributed by atoms with E-state index in [1.165, 1.54) is 0 Å². The van der Waals surface area contributed by atoms with Gasteiger partial charge in [0.05, 0.1) is 5.41 Å². The maximum absolute atomic E-state index is 12.0. The van der Waals surface area contributed by atoms with Crippen molar-refractivity contribution in [2.45, 2.75) is 39.0 Å². The molecule has 0 bridgehead atoms. The molecule has 0 saturated heterocycles. The van der Waals surface area contributed by atoms with Gasteiger partial charge in [-0.1, -0.05) is 43.7 Å². The van der Waals surface area contributed by atoms with Crippen LogP contribution in [0.4, 0.5) is 0 Å². The fourth-order valence-electron chi connectivity index (χ4n) is 1.59. The molecule has 0 radical (unpaired) electrons. The van der Waals surface area contributed by atoms with Crippen LogP contribution in [0.25, 0.3) is 0 Å². The van der Waals surface area contributed by atoms with Crippen molar-refractivity contribution in [2.24, 2.45) is 0 Å². The SMILES string of the molecule is CCCCNC(=O)C(C)(C)c1ccccc1. The van der Waals surface area contributed by atoms with E-state index in [0.29, 0.717) is 0 Å². The summed E-state index contributed by atoms with van der Waals surface area (Å²) in [5.41, 5.74) is 0.610. The van der Waals surface area contributed by atoms with Gasteiger partial charge in [0.15, 0.2) is 0 Å². The molecule has 0 fully saturated rings. The molecule has 0 aromatic heterocycles. The van der Waals surface area contributed by atoms with Crippen molar-refractivity contribution in [2.75, 3.05) is 6.54 Å². The molecule has 0 unspecified atom stereocenters. The highest BCUT2D eigenvalue weighted by molar-refractivity contribution is 5.87. The van der Waals surface area contributed by atoms with Crippen molar-refractivity contribution in [1.29, 1.82) is 0 Å². The molecular formula is C14H21NO. The Morgan fingerprint density at radius 2 is 1.88 bits per heavy atom. The van der Waals surface area contributed by atoms with Gasteiger partial charge in [0.2, 0.25) is 5.91 Å². The van der Waals surface area contributed by atoms with Gasteiger partial charge < -0.3 is 5.32 Å². The zero-order valence-corrected chi connectivity index (χ0v) is 10.4. The Morgan fingerprint density at radius 3 is 2.44 bits per heavy atom. The molecule has 1 N–H and O–H groups in total. The first-order valence-corrected chi connectivity index (χ1v) is 5.93. The molecule has 0 spiro atoms. The monoisotopic (exact) mass is 219 g/mol. The van der Waals surface area contributed by atoms with E-state index in [0.717, 1.165) is 24.9 Å². The van der Waals surface area contributed by atoms with E-state index >= 15 is 0 Å². The highest BCUT2D eigenvalue weighted by Crippen LogP contribution is 2.22. The Bertz CT molecular complexity index is 330. The van der Waals surface area contributed by atoms with E-state index in [9.17, 15) is 4.79 Å². The first-order chi connectivity index (χ1) is 7.59. The summed E-state index contributed by atoms with van der Waals surface area (Å²) in [6.07, 6.45) is 2.14. The normalized spacial score (nSPS) is 11.2. The van der Waals surface area contributed by atoms with Crippen LogP contribution in [0.1, 0.15) is 39.2 Å². The van der Waals surface area contributed by atoms with Crippen molar-refractivity contribution < 1.29 is 4.79 Å². The van der Waals surface area contributed by atoms with Crippen LogP contribution < -0.4 is 5.32 Å². The van der Waals surface area contributed by atoms with E-state index in [2.05, 4.69) is 12.2 Å². The van der Waals surface area contributed by atoms with Crippen molar-refractivity contribution in [1.82, 2.24) is 5.32 Å². The van der Waals surface area contributed by atoms with Gasteiger partial charge in [-0.2, -0.15) is 0 Å². The van der Waals surface area contributed by atoms with Crippen LogP contribution in [0.2, 0.25) is 0 Å². The third-order valence-electron chi connectivity index (χ3n) is 2.88. The van der Waals surface area contributed by atoms with E-state index in [1.807, 2.05) is 44.2 Å². The first kappa shape index (κ1) is 12.8. The highest BCUT2D eigenvalue weighted by Gasteiger charge is 2.28. The van der Waals surface area contributed by atoms with E-state index < -0.39 is 5.41 Å². The summed E-state index contributed by atoms with van der Waals surface area (Å²) in [5, 5.41) is 2.98. The molecule has 1 rings (SSSR count). The molecule has 0 aliphatic carbocycles. The van der Waals surface area contributed by atoms with Gasteiger partial charge in [-0.15, -0.1) is 0 Å². The number of carbonyl (C=O) groups is 1. The fourth-order valence-corrected chi connectivity index (χ4v) is 1.59. The lowest BCUT2D eigenvalue weighted by atomic mass is 9.84. The topological polar surface area (TPSA) is 29.1 Å². The summed E-state index contributed by atoms with van der Waals surface area (Å²) in [7, 11) is 0. The van der Waals surface area contributed by atoms with Crippen LogP contribution in [0, 0.1) is 0 Å². The van der Waals surface area contributed by atoms with Gasteiger partial charge in [-0.05, 0) is 25.8 Å². The summed E-state index contributed by atoms with van der Waals surface area (Å²) in [6, 6.07) is 9.90. The van der Waals surface area contributed by atoms with Gasteiger partial charge in [0.25, 0.3) is 0 Å².